The number of carbonyl (C=O) groups is 5. The first-order valence-corrected chi connectivity index (χ1v) is 35.2. The van der Waals surface area contributed by atoms with Crippen LogP contribution >= 0.6 is 0 Å². The smallest absolute Gasteiger partial charge is 0.410 e. The Kier molecular flexibility index (Phi) is 24.0. The van der Waals surface area contributed by atoms with Crippen LogP contribution in [0.1, 0.15) is 137 Å². The molecule has 0 saturated carbocycles. The molecule has 4 amide bonds. The van der Waals surface area contributed by atoms with Gasteiger partial charge in [-0.1, -0.05) is 39.0 Å². The largest absolute Gasteiger partial charge is 0.481 e. The van der Waals surface area contributed by atoms with E-state index in [1.54, 1.807) is 27.0 Å². The van der Waals surface area contributed by atoms with Gasteiger partial charge in [0.05, 0.1) is 47.9 Å². The van der Waals surface area contributed by atoms with Crippen molar-refractivity contribution < 1.29 is 51.7 Å². The van der Waals surface area contributed by atoms with Gasteiger partial charge >= 0.3 is 18.2 Å². The molecule has 12 rings (SSSR count). The molecule has 0 bridgehead atoms. The van der Waals surface area contributed by atoms with Crippen LogP contribution in [0.2, 0.25) is 0 Å². The lowest BCUT2D eigenvalue weighted by atomic mass is 9.89. The number of nitrogens with one attached hydrogen (secondary N) is 3. The number of halogens is 3. The number of aliphatic carboxylic acids is 1. The van der Waals surface area contributed by atoms with Crippen molar-refractivity contribution in [3.63, 3.8) is 0 Å². The Hall–Kier alpha value is -8.05. The topological polar surface area (TPSA) is 241 Å². The molecular weight excluding hydrogens is 1270 g/mol. The van der Waals surface area contributed by atoms with E-state index in [0.717, 1.165) is 82.5 Å². The number of aryl methyl sites for hydroxylation is 3. The monoisotopic (exact) mass is 1370 g/mol. The number of fused-ring (bicyclic) bond motifs is 3. The van der Waals surface area contributed by atoms with Gasteiger partial charge in [-0.15, -0.1) is 0 Å². The molecule has 0 spiro atoms. The standard InChI is InChI=1S/C27H37FN4O3.C22H29FN4O.C15H19N3.C12H20FNO4/c1-18-8-9-22(20-7-6-12-29-24(18)20)32-16-19(2)21(17-32)30-23(33)15-27(28)10-13-31(14-11-27)25(34)35-26(3,4)5;1-15-5-6-19(17-4-3-9-25-21(15)17)27-13-16(2)18(14-27)26-20(28)12-22(23)7-10-24-11-8-22;1-10-5-6-14(12-4-3-7-17-15(10)12)18-8-11(2)13(16)9-18;1-11(2,3)18-10(17)14-6-4-12(13,5-7-14)8-9(15)16/h6-9,12,19,21H,10-11,13-17H2,1-5H3,(H,30,33);3-6,9,16,18,24H,7-8,10-14H2,1-2H3,(H,26,28);3-7,11,13H,8-9,16H2,1-2H3;4-8H2,1-3H3,(H,15,16)/t19-,21+;16-,18+;11-,13+;/m111./s1. The number of benzene rings is 3. The number of anilines is 3. The van der Waals surface area contributed by atoms with Gasteiger partial charge in [0.25, 0.3) is 0 Å². The van der Waals surface area contributed by atoms with E-state index in [1.165, 1.54) is 26.4 Å². The van der Waals surface area contributed by atoms with Gasteiger partial charge in [0.2, 0.25) is 11.8 Å². The van der Waals surface area contributed by atoms with E-state index in [0.29, 0.717) is 44.3 Å². The zero-order chi connectivity index (χ0) is 71.8. The van der Waals surface area contributed by atoms with Crippen LogP contribution in [0.25, 0.3) is 32.7 Å². The van der Waals surface area contributed by atoms with Crippen LogP contribution in [0, 0.1) is 38.5 Å². The third-order valence-corrected chi connectivity index (χ3v) is 20.0. The number of alkyl halides is 3. The second-order valence-electron chi connectivity index (χ2n) is 30.6. The molecule has 9 heterocycles. The van der Waals surface area contributed by atoms with Gasteiger partial charge in [-0.2, -0.15) is 0 Å². The van der Waals surface area contributed by atoms with Gasteiger partial charge in [-0.05, 0) is 203 Å². The van der Waals surface area contributed by atoms with Crippen molar-refractivity contribution in [3.8, 4) is 0 Å². The highest BCUT2D eigenvalue weighted by Crippen LogP contribution is 2.38. The van der Waals surface area contributed by atoms with E-state index in [9.17, 15) is 32.8 Å². The lowest BCUT2D eigenvalue weighted by Gasteiger charge is -2.37. The summed E-state index contributed by atoms with van der Waals surface area (Å²) in [7, 11) is 0. The van der Waals surface area contributed by atoms with Crippen molar-refractivity contribution in [1.82, 2.24) is 40.7 Å². The van der Waals surface area contributed by atoms with Gasteiger partial charge in [-0.25, -0.2) is 22.8 Å². The summed E-state index contributed by atoms with van der Waals surface area (Å²) in [6.45, 7) is 30.7. The summed E-state index contributed by atoms with van der Waals surface area (Å²) in [5, 5.41) is 21.4. The maximum Gasteiger partial charge on any atom is 0.410 e. The number of amides is 4. The average Bonchev–Trinajstić information content (AvgIpc) is 1.80. The molecule has 23 heteroatoms. The minimum absolute atomic E-state index is 0.0325. The highest BCUT2D eigenvalue weighted by Gasteiger charge is 2.43. The average molecular weight is 1370 g/mol. The van der Waals surface area contributed by atoms with Crippen LogP contribution in [0.3, 0.4) is 0 Å². The Morgan fingerprint density at radius 1 is 0.515 bits per heavy atom. The van der Waals surface area contributed by atoms with E-state index < -0.39 is 52.8 Å². The van der Waals surface area contributed by atoms with Gasteiger partial charge < -0.3 is 60.8 Å². The van der Waals surface area contributed by atoms with Crippen molar-refractivity contribution in [3.05, 3.63) is 108 Å². The maximum atomic E-state index is 15.5. The normalized spacial score (nSPS) is 22.7. The van der Waals surface area contributed by atoms with Crippen molar-refractivity contribution in [1.29, 1.82) is 0 Å². The number of rotatable bonds is 11. The quantitative estimate of drug-likeness (QED) is 0.0810. The molecule has 3 aromatic heterocycles. The number of carbonyl (C=O) groups excluding carboxylic acids is 4. The van der Waals surface area contributed by atoms with Gasteiger partial charge in [-0.3, -0.25) is 29.3 Å². The molecule has 538 valence electrons. The number of pyridine rings is 3. The highest BCUT2D eigenvalue weighted by molar-refractivity contribution is 5.96. The SMILES string of the molecule is CC(C)(C)OC(=O)N1CCC(F)(CC(=O)O)CC1.Cc1ccc(N2C[C@@H](C)[C@@H](N)C2)c2cccnc12.Cc1ccc(N2C[C@@H](C)[C@@H](NC(=O)CC3(F)CCN(C(=O)OC(C)(C)C)CC3)C2)c2cccnc12.Cc1ccc(N2C[C@@H](C)[C@@H](NC(=O)CC3(F)CCNCC3)C2)c2cccnc12. The molecule has 6 aliphatic heterocycles. The number of aromatic nitrogens is 3. The minimum atomic E-state index is -1.70. The first-order valence-electron chi connectivity index (χ1n) is 35.2. The summed E-state index contributed by atoms with van der Waals surface area (Å²) in [4.78, 5) is 83.3. The van der Waals surface area contributed by atoms with Crippen LogP contribution in [0.15, 0.2) is 91.4 Å². The summed E-state index contributed by atoms with van der Waals surface area (Å²) < 4.78 is 54.9. The Labute approximate surface area is 581 Å². The van der Waals surface area contributed by atoms with Gasteiger partial charge in [0.1, 0.15) is 28.2 Å². The zero-order valence-corrected chi connectivity index (χ0v) is 60.1. The molecular formula is C76H105F3N12O8. The summed E-state index contributed by atoms with van der Waals surface area (Å²) in [6.07, 6.45) is 5.03. The molecule has 99 heavy (non-hydrogen) atoms. The predicted molar refractivity (Wildman–Crippen MR) is 385 cm³/mol. The van der Waals surface area contributed by atoms with Crippen LogP contribution in [-0.2, 0) is 23.9 Å². The molecule has 3 aromatic carbocycles. The molecule has 6 N–H and O–H groups in total. The number of hydrogen-bond donors (Lipinski definition) is 5. The second kappa shape index (κ2) is 31.7. The fraction of sp³-hybridized carbons (Fsp3) is 0.579. The van der Waals surface area contributed by atoms with E-state index in [-0.39, 0.29) is 101 Å². The Morgan fingerprint density at radius 3 is 1.18 bits per heavy atom. The van der Waals surface area contributed by atoms with Crippen LogP contribution in [0.5, 0.6) is 0 Å². The number of nitrogens with two attached hydrogens (primary N) is 1. The maximum absolute atomic E-state index is 15.5. The number of carboxylic acids is 1. The van der Waals surface area contributed by atoms with Gasteiger partial charge in [0.15, 0.2) is 0 Å². The molecule has 20 nitrogen and oxygen atoms in total. The molecule has 6 saturated heterocycles. The Balaban J connectivity index is 0.000000160. The van der Waals surface area contributed by atoms with Crippen molar-refractivity contribution in [2.24, 2.45) is 23.5 Å². The third-order valence-electron chi connectivity index (χ3n) is 20.0. The number of piperidine rings is 3. The number of ether oxygens (including phenoxy) is 2. The lowest BCUT2D eigenvalue weighted by molar-refractivity contribution is -0.141. The molecule has 0 unspecified atom stereocenters. The summed E-state index contributed by atoms with van der Waals surface area (Å²) in [5.74, 6) is -0.496. The molecule has 6 fully saturated rings. The van der Waals surface area contributed by atoms with Gasteiger partial charge in [0, 0.05) is 123 Å². The first-order chi connectivity index (χ1) is 46.7. The third kappa shape index (κ3) is 19.9. The first kappa shape index (κ1) is 75.2. The number of hydrogen-bond acceptors (Lipinski definition) is 15. The zero-order valence-electron chi connectivity index (χ0n) is 60.1. The molecule has 6 atom stereocenters. The second-order valence-corrected chi connectivity index (χ2v) is 30.6. The number of likely N-dealkylation sites (tertiary alicyclic amines) is 2. The van der Waals surface area contributed by atoms with E-state index >= 15 is 4.39 Å². The van der Waals surface area contributed by atoms with E-state index in [4.69, 9.17) is 20.3 Å². The fourth-order valence-electron chi connectivity index (χ4n) is 14.2. The highest BCUT2D eigenvalue weighted by atomic mass is 19.2. The minimum Gasteiger partial charge on any atom is -0.481 e. The Bertz CT molecular complexity index is 3800. The lowest BCUT2D eigenvalue weighted by Crippen LogP contribution is -2.49. The molecule has 0 radical (unpaired) electrons. The predicted octanol–water partition coefficient (Wildman–Crippen LogP) is 12.1. The molecule has 6 aromatic rings. The number of nitrogens with zero attached hydrogens (tertiary/aromatic N) is 8. The summed E-state index contributed by atoms with van der Waals surface area (Å²) >= 11 is 0. The van der Waals surface area contributed by atoms with Crippen molar-refractivity contribution in [2.75, 3.05) is 93.2 Å². The summed E-state index contributed by atoms with van der Waals surface area (Å²) in [6, 6.07) is 25.3. The molecule has 0 aliphatic carbocycles. The number of carboxylic acid groups (broad SMARTS) is 1. The van der Waals surface area contributed by atoms with Crippen molar-refractivity contribution in [2.45, 2.75) is 187 Å². The van der Waals surface area contributed by atoms with Crippen LogP contribution in [-0.4, -0.2) is 185 Å². The van der Waals surface area contributed by atoms with E-state index in [1.807, 2.05) is 51.4 Å². The van der Waals surface area contributed by atoms with Crippen LogP contribution in [0.4, 0.5) is 39.8 Å². The van der Waals surface area contributed by atoms with Crippen molar-refractivity contribution >= 4 is 79.7 Å². The van der Waals surface area contributed by atoms with E-state index in [2.05, 4.69) is 142 Å². The fourth-order valence-corrected chi connectivity index (χ4v) is 14.2. The summed E-state index contributed by atoms with van der Waals surface area (Å²) in [5.41, 5.74) is 10.4. The molecule has 6 aliphatic rings. The van der Waals surface area contributed by atoms with Crippen LogP contribution < -0.4 is 36.4 Å². The Morgan fingerprint density at radius 2 is 0.848 bits per heavy atom.